The maximum absolute atomic E-state index is 13.8. The second kappa shape index (κ2) is 4.69. The predicted molar refractivity (Wildman–Crippen MR) is 70.2 cm³/mol. The number of fused-ring (bicyclic) bond motifs is 1. The summed E-state index contributed by atoms with van der Waals surface area (Å²) in [7, 11) is 0. The summed E-state index contributed by atoms with van der Waals surface area (Å²) < 4.78 is 15.9. The zero-order valence-corrected chi connectivity index (χ0v) is 10.6. The highest BCUT2D eigenvalue weighted by atomic mass is 19.1. The highest BCUT2D eigenvalue weighted by molar-refractivity contribution is 5.76. The topological polar surface area (TPSA) is 29.9 Å². The third kappa shape index (κ3) is 1.81. The van der Waals surface area contributed by atoms with Crippen molar-refractivity contribution in [2.75, 3.05) is 13.1 Å². The fraction of sp³-hybridized carbons (Fsp3) is 0.500. The van der Waals surface area contributed by atoms with Gasteiger partial charge in [-0.25, -0.2) is 9.37 Å². The highest BCUT2D eigenvalue weighted by Crippen LogP contribution is 2.27. The summed E-state index contributed by atoms with van der Waals surface area (Å²) in [6.45, 7) is 4.96. The van der Waals surface area contributed by atoms with Gasteiger partial charge in [-0.3, -0.25) is 0 Å². The number of benzene rings is 1. The number of nitrogens with zero attached hydrogens (tertiary/aromatic N) is 2. The minimum absolute atomic E-state index is 0.218. The van der Waals surface area contributed by atoms with Crippen molar-refractivity contribution in [2.45, 2.75) is 32.2 Å². The highest BCUT2D eigenvalue weighted by Gasteiger charge is 2.22. The number of rotatable bonds is 2. The molecule has 0 bridgehead atoms. The number of aryl methyl sites for hydroxylation is 1. The molecule has 2 heterocycles. The van der Waals surface area contributed by atoms with Crippen molar-refractivity contribution in [3.05, 3.63) is 29.8 Å². The van der Waals surface area contributed by atoms with Crippen molar-refractivity contribution in [2.24, 2.45) is 0 Å². The second-order valence-corrected chi connectivity index (χ2v) is 4.87. The summed E-state index contributed by atoms with van der Waals surface area (Å²) >= 11 is 0. The molecule has 0 spiro atoms. The SMILES string of the molecule is CCn1c(C2CCCNC2)nc2c(F)cccc21. The van der Waals surface area contributed by atoms with E-state index in [1.807, 2.05) is 6.07 Å². The molecule has 1 aromatic heterocycles. The van der Waals surface area contributed by atoms with Crippen molar-refractivity contribution in [1.29, 1.82) is 0 Å². The molecule has 3 rings (SSSR count). The number of piperidine rings is 1. The van der Waals surface area contributed by atoms with E-state index in [0.717, 1.165) is 37.4 Å². The van der Waals surface area contributed by atoms with Gasteiger partial charge in [0.2, 0.25) is 0 Å². The molecular weight excluding hydrogens is 229 g/mol. The van der Waals surface area contributed by atoms with Crippen molar-refractivity contribution < 1.29 is 4.39 Å². The number of nitrogens with one attached hydrogen (secondary N) is 1. The Bertz CT molecular complexity index is 555. The molecular formula is C14H18FN3. The van der Waals surface area contributed by atoms with E-state index >= 15 is 0 Å². The van der Waals surface area contributed by atoms with E-state index in [4.69, 9.17) is 0 Å². The van der Waals surface area contributed by atoms with Gasteiger partial charge in [0.15, 0.2) is 5.82 Å². The zero-order valence-electron chi connectivity index (χ0n) is 10.6. The minimum Gasteiger partial charge on any atom is -0.328 e. The molecule has 0 amide bonds. The van der Waals surface area contributed by atoms with Gasteiger partial charge in [-0.1, -0.05) is 6.07 Å². The molecule has 1 fully saturated rings. The van der Waals surface area contributed by atoms with E-state index in [1.54, 1.807) is 6.07 Å². The Labute approximate surface area is 106 Å². The van der Waals surface area contributed by atoms with Crippen molar-refractivity contribution in [3.8, 4) is 0 Å². The molecule has 18 heavy (non-hydrogen) atoms. The van der Waals surface area contributed by atoms with Gasteiger partial charge in [0.25, 0.3) is 0 Å². The van der Waals surface area contributed by atoms with Crippen LogP contribution < -0.4 is 5.32 Å². The quantitative estimate of drug-likeness (QED) is 0.884. The smallest absolute Gasteiger partial charge is 0.151 e. The molecule has 0 aliphatic carbocycles. The number of imidazole rings is 1. The molecule has 1 aliphatic heterocycles. The lowest BCUT2D eigenvalue weighted by Gasteiger charge is -2.22. The van der Waals surface area contributed by atoms with E-state index in [1.165, 1.54) is 12.5 Å². The van der Waals surface area contributed by atoms with E-state index in [-0.39, 0.29) is 5.82 Å². The standard InChI is InChI=1S/C14H18FN3/c1-2-18-12-7-3-6-11(15)13(12)17-14(18)10-5-4-8-16-9-10/h3,6-7,10,16H,2,4-5,8-9H2,1H3. The molecule has 1 aliphatic rings. The molecule has 4 heteroatoms. The van der Waals surface area contributed by atoms with E-state index in [0.29, 0.717) is 11.4 Å². The minimum atomic E-state index is -0.218. The molecule has 1 atom stereocenters. The number of para-hydroxylation sites is 1. The fourth-order valence-electron chi connectivity index (χ4n) is 2.85. The lowest BCUT2D eigenvalue weighted by atomic mass is 9.99. The van der Waals surface area contributed by atoms with Gasteiger partial charge in [-0.2, -0.15) is 0 Å². The van der Waals surface area contributed by atoms with Gasteiger partial charge in [0.1, 0.15) is 11.3 Å². The van der Waals surface area contributed by atoms with Crippen LogP contribution in [-0.2, 0) is 6.54 Å². The average molecular weight is 247 g/mol. The third-order valence-electron chi connectivity index (χ3n) is 3.74. The first-order valence-corrected chi connectivity index (χ1v) is 6.66. The maximum atomic E-state index is 13.8. The summed E-state index contributed by atoms with van der Waals surface area (Å²) in [6, 6.07) is 5.20. The molecule has 0 radical (unpaired) electrons. The Morgan fingerprint density at radius 2 is 2.39 bits per heavy atom. The van der Waals surface area contributed by atoms with E-state index in [2.05, 4.69) is 21.8 Å². The largest absolute Gasteiger partial charge is 0.328 e. The first kappa shape index (κ1) is 11.7. The third-order valence-corrected chi connectivity index (χ3v) is 3.74. The van der Waals surface area contributed by atoms with Gasteiger partial charge < -0.3 is 9.88 Å². The maximum Gasteiger partial charge on any atom is 0.151 e. The molecule has 1 unspecified atom stereocenters. The molecule has 0 saturated carbocycles. The lowest BCUT2D eigenvalue weighted by Crippen LogP contribution is -2.30. The van der Waals surface area contributed by atoms with Crippen molar-refractivity contribution in [3.63, 3.8) is 0 Å². The summed E-state index contributed by atoms with van der Waals surface area (Å²) in [5, 5.41) is 3.40. The molecule has 1 N–H and O–H groups in total. The van der Waals surface area contributed by atoms with E-state index in [9.17, 15) is 4.39 Å². The van der Waals surface area contributed by atoms with Gasteiger partial charge in [0.05, 0.1) is 5.52 Å². The van der Waals surface area contributed by atoms with E-state index < -0.39 is 0 Å². The molecule has 3 nitrogen and oxygen atoms in total. The number of hydrogen-bond donors (Lipinski definition) is 1. The Balaban J connectivity index is 2.13. The van der Waals surface area contributed by atoms with Crippen LogP contribution in [0.4, 0.5) is 4.39 Å². The van der Waals surface area contributed by atoms with Crippen LogP contribution in [0.5, 0.6) is 0 Å². The molecule has 2 aromatic rings. The second-order valence-electron chi connectivity index (χ2n) is 4.87. The summed E-state index contributed by atoms with van der Waals surface area (Å²) in [5.74, 6) is 1.22. The van der Waals surface area contributed by atoms with Crippen LogP contribution in [0.15, 0.2) is 18.2 Å². The van der Waals surface area contributed by atoms with Crippen LogP contribution >= 0.6 is 0 Å². The van der Waals surface area contributed by atoms with Crippen LogP contribution in [0.25, 0.3) is 11.0 Å². The first-order valence-electron chi connectivity index (χ1n) is 6.66. The van der Waals surface area contributed by atoms with Gasteiger partial charge >= 0.3 is 0 Å². The van der Waals surface area contributed by atoms with Crippen LogP contribution in [0.2, 0.25) is 0 Å². The van der Waals surface area contributed by atoms with Crippen LogP contribution in [0.1, 0.15) is 31.5 Å². The fourth-order valence-corrected chi connectivity index (χ4v) is 2.85. The number of hydrogen-bond acceptors (Lipinski definition) is 2. The van der Waals surface area contributed by atoms with Crippen LogP contribution in [-0.4, -0.2) is 22.6 Å². The Morgan fingerprint density at radius 3 is 3.11 bits per heavy atom. The Hall–Kier alpha value is -1.42. The van der Waals surface area contributed by atoms with Crippen molar-refractivity contribution >= 4 is 11.0 Å². The normalized spacial score (nSPS) is 20.4. The van der Waals surface area contributed by atoms with Crippen molar-refractivity contribution in [1.82, 2.24) is 14.9 Å². The van der Waals surface area contributed by atoms with Gasteiger partial charge in [0, 0.05) is 19.0 Å². The summed E-state index contributed by atoms with van der Waals surface area (Å²) in [4.78, 5) is 4.55. The summed E-state index contributed by atoms with van der Waals surface area (Å²) in [6.07, 6.45) is 2.30. The lowest BCUT2D eigenvalue weighted by molar-refractivity contribution is 0.436. The Morgan fingerprint density at radius 1 is 1.50 bits per heavy atom. The first-order chi connectivity index (χ1) is 8.81. The van der Waals surface area contributed by atoms with Crippen LogP contribution in [0, 0.1) is 5.82 Å². The zero-order chi connectivity index (χ0) is 12.5. The van der Waals surface area contributed by atoms with Gasteiger partial charge in [-0.05, 0) is 38.4 Å². The van der Waals surface area contributed by atoms with Crippen LogP contribution in [0.3, 0.4) is 0 Å². The molecule has 96 valence electrons. The molecule has 1 aromatic carbocycles. The molecule has 1 saturated heterocycles. The average Bonchev–Trinajstić information content (AvgIpc) is 2.80. The van der Waals surface area contributed by atoms with Gasteiger partial charge in [-0.15, -0.1) is 0 Å². The summed E-state index contributed by atoms with van der Waals surface area (Å²) in [5.41, 5.74) is 1.43. The predicted octanol–water partition coefficient (Wildman–Crippen LogP) is 2.66. The monoisotopic (exact) mass is 247 g/mol. The number of aromatic nitrogens is 2. The number of halogens is 1. The Kier molecular flexibility index (Phi) is 3.04.